The number of piperidine rings is 1. The van der Waals surface area contributed by atoms with Gasteiger partial charge in [-0.25, -0.2) is 9.59 Å². The smallest absolute Gasteiger partial charge is 0.415 e. The Kier molecular flexibility index (Phi) is 5.80. The van der Waals surface area contributed by atoms with Crippen LogP contribution >= 0.6 is 15.9 Å². The first-order valence-corrected chi connectivity index (χ1v) is 10.8. The van der Waals surface area contributed by atoms with Crippen molar-refractivity contribution in [3.63, 3.8) is 0 Å². The minimum Gasteiger partial charge on any atom is -0.444 e. The number of hydrogen-bond donors (Lipinski definition) is 0. The molecule has 0 spiro atoms. The molecule has 1 saturated heterocycles. The highest BCUT2D eigenvalue weighted by molar-refractivity contribution is 9.10. The van der Waals surface area contributed by atoms with Crippen LogP contribution in [0.2, 0.25) is 0 Å². The van der Waals surface area contributed by atoms with Crippen LogP contribution in [-0.4, -0.2) is 47.4 Å². The van der Waals surface area contributed by atoms with Gasteiger partial charge in [-0.3, -0.25) is 4.90 Å². The maximum atomic E-state index is 13.1. The molecule has 0 saturated carbocycles. The minimum atomic E-state index is -0.658. The molecule has 2 aliphatic heterocycles. The summed E-state index contributed by atoms with van der Waals surface area (Å²) in [6.45, 7) is 11.8. The van der Waals surface area contributed by atoms with Gasteiger partial charge in [0, 0.05) is 23.5 Å². The zero-order valence-electron chi connectivity index (χ0n) is 18.3. The van der Waals surface area contributed by atoms with Gasteiger partial charge in [0.25, 0.3) is 0 Å². The van der Waals surface area contributed by atoms with E-state index in [0.717, 1.165) is 10.0 Å². The summed E-state index contributed by atoms with van der Waals surface area (Å²) < 4.78 is 12.0. The summed E-state index contributed by atoms with van der Waals surface area (Å²) in [7, 11) is 0. The van der Waals surface area contributed by atoms with Crippen LogP contribution < -0.4 is 4.90 Å². The minimum absolute atomic E-state index is 0.126. The molecule has 0 unspecified atom stereocenters. The van der Waals surface area contributed by atoms with Gasteiger partial charge >= 0.3 is 12.2 Å². The van der Waals surface area contributed by atoms with Gasteiger partial charge in [-0.15, -0.1) is 0 Å². The number of carbonyl (C=O) groups is 2. The van der Waals surface area contributed by atoms with Crippen LogP contribution in [0.25, 0.3) is 0 Å². The number of ether oxygens (including phenoxy) is 2. The quantitative estimate of drug-likeness (QED) is 0.514. The molecule has 0 aliphatic carbocycles. The third kappa shape index (κ3) is 4.56. The van der Waals surface area contributed by atoms with Crippen LogP contribution in [-0.2, 0) is 9.47 Å². The average Bonchev–Trinajstić information content (AvgIpc) is 2.91. The number of fused-ring (bicyclic) bond motifs is 3. The predicted octanol–water partition coefficient (Wildman–Crippen LogP) is 5.17. The normalized spacial score (nSPS) is 20.9. The van der Waals surface area contributed by atoms with Crippen molar-refractivity contribution in [1.29, 1.82) is 5.26 Å². The van der Waals surface area contributed by atoms with E-state index < -0.39 is 17.3 Å². The van der Waals surface area contributed by atoms with Crippen molar-refractivity contribution in [3.05, 3.63) is 27.7 Å². The summed E-state index contributed by atoms with van der Waals surface area (Å²) in [5.74, 6) is -0.126. The van der Waals surface area contributed by atoms with E-state index in [1.165, 1.54) is 0 Å². The van der Waals surface area contributed by atoms with Gasteiger partial charge in [0.15, 0.2) is 0 Å². The van der Waals surface area contributed by atoms with Gasteiger partial charge in [0.05, 0.1) is 17.3 Å². The molecule has 162 valence electrons. The lowest BCUT2D eigenvalue weighted by molar-refractivity contribution is 0.0185. The number of rotatable bonds is 0. The van der Waals surface area contributed by atoms with Crippen LogP contribution in [0, 0.1) is 11.3 Å². The number of carbonyl (C=O) groups excluding carboxylic acids is 2. The summed E-state index contributed by atoms with van der Waals surface area (Å²) in [5, 5.41) is 9.73. The first kappa shape index (κ1) is 22.4. The molecule has 0 bridgehead atoms. The van der Waals surface area contributed by atoms with Crippen LogP contribution in [0.4, 0.5) is 15.3 Å². The second-order valence-electron chi connectivity index (χ2n) is 9.74. The third-order valence-electron chi connectivity index (χ3n) is 5.01. The largest absolute Gasteiger partial charge is 0.444 e. The first-order chi connectivity index (χ1) is 13.8. The van der Waals surface area contributed by atoms with Crippen molar-refractivity contribution in [1.82, 2.24) is 4.90 Å². The highest BCUT2D eigenvalue weighted by Crippen LogP contribution is 2.48. The summed E-state index contributed by atoms with van der Waals surface area (Å²) in [4.78, 5) is 29.1. The van der Waals surface area contributed by atoms with Crippen LogP contribution in [0.1, 0.15) is 65.0 Å². The number of anilines is 1. The Morgan fingerprint density at radius 2 is 1.70 bits per heavy atom. The number of nitrogens with zero attached hydrogens (tertiary/aromatic N) is 3. The molecule has 7 nitrogen and oxygen atoms in total. The highest BCUT2D eigenvalue weighted by atomic mass is 79.9. The molecular formula is C22H28BrN3O4. The Bertz CT molecular complexity index is 911. The molecule has 0 aromatic heterocycles. The van der Waals surface area contributed by atoms with Gasteiger partial charge in [-0.1, -0.05) is 15.9 Å². The highest BCUT2D eigenvalue weighted by Gasteiger charge is 2.48. The summed E-state index contributed by atoms with van der Waals surface area (Å²) in [5.41, 5.74) is 0.611. The van der Waals surface area contributed by atoms with E-state index in [9.17, 15) is 14.9 Å². The lowest BCUT2D eigenvalue weighted by atomic mass is 9.89. The summed E-state index contributed by atoms with van der Waals surface area (Å²) in [6.07, 6.45) is -0.269. The number of amides is 2. The van der Waals surface area contributed by atoms with E-state index in [1.807, 2.05) is 47.6 Å². The van der Waals surface area contributed by atoms with Crippen molar-refractivity contribution in [2.75, 3.05) is 18.0 Å². The second-order valence-corrected chi connectivity index (χ2v) is 10.7. The van der Waals surface area contributed by atoms with Crippen LogP contribution in [0.15, 0.2) is 16.6 Å². The molecule has 2 aliphatic rings. The molecule has 1 aromatic carbocycles. The third-order valence-corrected chi connectivity index (χ3v) is 5.47. The lowest BCUT2D eigenvalue weighted by Gasteiger charge is -2.38. The van der Waals surface area contributed by atoms with Crippen molar-refractivity contribution in [2.45, 2.75) is 71.1 Å². The van der Waals surface area contributed by atoms with E-state index in [2.05, 4.69) is 22.0 Å². The number of hydrogen-bond acceptors (Lipinski definition) is 5. The Morgan fingerprint density at radius 1 is 1.10 bits per heavy atom. The van der Waals surface area contributed by atoms with Gasteiger partial charge < -0.3 is 14.4 Å². The molecule has 30 heavy (non-hydrogen) atoms. The van der Waals surface area contributed by atoms with Crippen LogP contribution in [0.3, 0.4) is 0 Å². The summed E-state index contributed by atoms with van der Waals surface area (Å²) in [6, 6.07) is 5.66. The molecular weight excluding hydrogens is 450 g/mol. The van der Waals surface area contributed by atoms with E-state index in [4.69, 9.17) is 9.47 Å². The number of benzene rings is 1. The molecule has 1 aromatic rings. The average molecular weight is 478 g/mol. The standard InChI is InChI=1S/C22H28BrN3O4/c1-21(2,3)29-19(27)25-8-7-17-16(12-25)15-10-14(23)9-13(11-24)18(15)26(17)20(28)30-22(4,5)6/h9-10,16-17H,7-8,12H2,1-6H3/t16-,17-/m0/s1. The fourth-order valence-corrected chi connectivity index (χ4v) is 4.48. The van der Waals surface area contributed by atoms with E-state index in [-0.39, 0.29) is 18.1 Å². The number of halogens is 1. The monoisotopic (exact) mass is 477 g/mol. The fourth-order valence-electron chi connectivity index (χ4n) is 4.01. The molecule has 2 amide bonds. The maximum Gasteiger partial charge on any atom is 0.415 e. The molecule has 2 atom stereocenters. The molecule has 3 rings (SSSR count). The number of likely N-dealkylation sites (tertiary alicyclic amines) is 1. The lowest BCUT2D eigenvalue weighted by Crippen LogP contribution is -2.51. The molecule has 1 fully saturated rings. The van der Waals surface area contributed by atoms with Gasteiger partial charge in [0.2, 0.25) is 0 Å². The van der Waals surface area contributed by atoms with Crippen molar-refractivity contribution in [3.8, 4) is 6.07 Å². The van der Waals surface area contributed by atoms with Crippen molar-refractivity contribution >= 4 is 33.8 Å². The zero-order chi connectivity index (χ0) is 22.4. The van der Waals surface area contributed by atoms with Crippen LogP contribution in [0.5, 0.6) is 0 Å². The van der Waals surface area contributed by atoms with E-state index >= 15 is 0 Å². The maximum absolute atomic E-state index is 13.1. The van der Waals surface area contributed by atoms with E-state index in [0.29, 0.717) is 30.8 Å². The van der Waals surface area contributed by atoms with Gasteiger partial charge in [-0.05, 0) is 65.7 Å². The predicted molar refractivity (Wildman–Crippen MR) is 117 cm³/mol. The Labute approximate surface area is 186 Å². The second kappa shape index (κ2) is 7.77. The number of nitriles is 1. The Morgan fingerprint density at radius 3 is 2.27 bits per heavy atom. The zero-order valence-corrected chi connectivity index (χ0v) is 19.9. The van der Waals surface area contributed by atoms with Crippen molar-refractivity contribution in [2.24, 2.45) is 0 Å². The molecule has 2 heterocycles. The molecule has 0 radical (unpaired) electrons. The summed E-state index contributed by atoms with van der Waals surface area (Å²) >= 11 is 3.47. The Hall–Kier alpha value is -2.27. The van der Waals surface area contributed by atoms with Crippen molar-refractivity contribution < 1.29 is 19.1 Å². The van der Waals surface area contributed by atoms with Gasteiger partial charge in [0.1, 0.15) is 17.3 Å². The van der Waals surface area contributed by atoms with E-state index in [1.54, 1.807) is 15.9 Å². The topological polar surface area (TPSA) is 82.9 Å². The SMILES string of the molecule is CC(C)(C)OC(=O)N1CC[C@H]2[C@@H](C1)c1cc(Br)cc(C#N)c1N2C(=O)OC(C)(C)C. The van der Waals surface area contributed by atoms with Gasteiger partial charge in [-0.2, -0.15) is 5.26 Å². The first-order valence-electron chi connectivity index (χ1n) is 10.0. The molecule has 0 N–H and O–H groups in total. The molecule has 8 heteroatoms. The fraction of sp³-hybridized carbons (Fsp3) is 0.591. The Balaban J connectivity index is 1.99.